The molecule has 0 aliphatic carbocycles. The fourth-order valence-electron chi connectivity index (χ4n) is 2.15. The van der Waals surface area contributed by atoms with Crippen LogP contribution in [0.4, 0.5) is 13.2 Å². The first kappa shape index (κ1) is 19.2. The third kappa shape index (κ3) is 5.20. The molecule has 0 radical (unpaired) electrons. The Kier molecular flexibility index (Phi) is 6.16. The van der Waals surface area contributed by atoms with Crippen LogP contribution in [-0.4, -0.2) is 26.8 Å². The highest BCUT2D eigenvalue weighted by Crippen LogP contribution is 2.38. The number of rotatable bonds is 7. The lowest BCUT2D eigenvalue weighted by Crippen LogP contribution is -2.17. The summed E-state index contributed by atoms with van der Waals surface area (Å²) in [5.41, 5.74) is 1.29. The number of hydrazone groups is 1. The average Bonchev–Trinajstić information content (AvgIpc) is 2.60. The van der Waals surface area contributed by atoms with Crippen LogP contribution in [0.5, 0.6) is 23.0 Å². The van der Waals surface area contributed by atoms with Crippen molar-refractivity contribution in [3.63, 3.8) is 0 Å². The lowest BCUT2D eigenvalue weighted by molar-refractivity contribution is -0.274. The van der Waals surface area contributed by atoms with Crippen LogP contribution >= 0.6 is 0 Å². The van der Waals surface area contributed by atoms with Crippen molar-refractivity contribution >= 4 is 6.21 Å². The predicted octanol–water partition coefficient (Wildman–Crippen LogP) is 3.47. The zero-order chi connectivity index (χ0) is 19.2. The van der Waals surface area contributed by atoms with Crippen molar-refractivity contribution in [2.24, 2.45) is 10.9 Å². The minimum Gasteiger partial charge on any atom is -0.493 e. The number of methoxy groups -OCH3 is 2. The second kappa shape index (κ2) is 8.32. The second-order valence-electron chi connectivity index (χ2n) is 5.01. The summed E-state index contributed by atoms with van der Waals surface area (Å²) < 4.78 is 56.6. The molecule has 0 spiro atoms. The Morgan fingerprint density at radius 2 is 1.62 bits per heavy atom. The van der Waals surface area contributed by atoms with Gasteiger partial charge >= 0.3 is 6.36 Å². The van der Waals surface area contributed by atoms with Gasteiger partial charge in [-0.2, -0.15) is 5.10 Å². The average molecular weight is 370 g/mol. The van der Waals surface area contributed by atoms with Crippen molar-refractivity contribution < 1.29 is 32.1 Å². The van der Waals surface area contributed by atoms with E-state index in [1.165, 1.54) is 44.7 Å². The molecule has 0 fully saturated rings. The molecule has 140 valence electrons. The molecular weight excluding hydrogens is 353 g/mol. The molecule has 0 atom stereocenters. The van der Waals surface area contributed by atoms with Crippen LogP contribution < -0.4 is 24.8 Å². The summed E-state index contributed by atoms with van der Waals surface area (Å²) in [6, 6.07) is 8.68. The number of hydrogen-bond donors (Lipinski definition) is 1. The van der Waals surface area contributed by atoms with E-state index in [0.29, 0.717) is 28.4 Å². The van der Waals surface area contributed by atoms with E-state index in [1.54, 1.807) is 12.1 Å². The zero-order valence-electron chi connectivity index (χ0n) is 14.0. The lowest BCUT2D eigenvalue weighted by atomic mass is 10.2. The Bertz CT molecular complexity index is 737. The number of benzene rings is 2. The molecule has 0 saturated heterocycles. The molecule has 0 aliphatic heterocycles. The fourth-order valence-corrected chi connectivity index (χ4v) is 2.15. The standard InChI is InChI=1S/C17H17F3N2O4/c1-23-14-7-12(9-22-21)8-15(24-2)16(14)25-10-11-3-5-13(6-4-11)26-17(18,19)20/h3-9H,10,21H2,1-2H3. The summed E-state index contributed by atoms with van der Waals surface area (Å²) in [4.78, 5) is 0. The molecule has 2 aromatic rings. The third-order valence-electron chi connectivity index (χ3n) is 3.25. The van der Waals surface area contributed by atoms with Gasteiger partial charge in [-0.1, -0.05) is 12.1 Å². The number of halogens is 3. The fraction of sp³-hybridized carbons (Fsp3) is 0.235. The van der Waals surface area contributed by atoms with E-state index >= 15 is 0 Å². The molecule has 0 unspecified atom stereocenters. The van der Waals surface area contributed by atoms with E-state index in [1.807, 2.05) is 0 Å². The molecule has 0 aliphatic rings. The van der Waals surface area contributed by atoms with E-state index < -0.39 is 6.36 Å². The van der Waals surface area contributed by atoms with E-state index in [0.717, 1.165) is 0 Å². The van der Waals surface area contributed by atoms with Gasteiger partial charge in [0.2, 0.25) is 5.75 Å². The summed E-state index contributed by atoms with van der Waals surface area (Å²) in [5.74, 6) is 5.98. The quantitative estimate of drug-likeness (QED) is 0.459. The lowest BCUT2D eigenvalue weighted by Gasteiger charge is -2.15. The number of nitrogens with two attached hydrogens (primary N) is 1. The van der Waals surface area contributed by atoms with E-state index in [9.17, 15) is 13.2 Å². The maximum atomic E-state index is 12.2. The molecule has 2 aromatic carbocycles. The van der Waals surface area contributed by atoms with Gasteiger partial charge in [-0.3, -0.25) is 0 Å². The molecule has 0 saturated carbocycles. The van der Waals surface area contributed by atoms with Gasteiger partial charge in [0.25, 0.3) is 0 Å². The molecule has 0 heterocycles. The summed E-state index contributed by atoms with van der Waals surface area (Å²) in [7, 11) is 2.93. The minimum atomic E-state index is -4.73. The number of alkyl halides is 3. The van der Waals surface area contributed by atoms with Crippen molar-refractivity contribution in [2.75, 3.05) is 14.2 Å². The van der Waals surface area contributed by atoms with Gasteiger partial charge in [-0.25, -0.2) is 0 Å². The van der Waals surface area contributed by atoms with Gasteiger partial charge in [0.15, 0.2) is 11.5 Å². The van der Waals surface area contributed by atoms with E-state index in [-0.39, 0.29) is 12.4 Å². The Hall–Kier alpha value is -3.10. The van der Waals surface area contributed by atoms with E-state index in [2.05, 4.69) is 9.84 Å². The van der Waals surface area contributed by atoms with Crippen molar-refractivity contribution in [1.82, 2.24) is 0 Å². The first-order valence-electron chi connectivity index (χ1n) is 7.33. The Balaban J connectivity index is 2.15. The van der Waals surface area contributed by atoms with Crippen LogP contribution in [0.15, 0.2) is 41.5 Å². The Labute approximate surface area is 147 Å². The second-order valence-corrected chi connectivity index (χ2v) is 5.01. The van der Waals surface area contributed by atoms with Gasteiger partial charge in [-0.15, -0.1) is 13.2 Å². The van der Waals surface area contributed by atoms with Crippen molar-refractivity contribution in [3.8, 4) is 23.0 Å². The van der Waals surface area contributed by atoms with Crippen LogP contribution in [0.3, 0.4) is 0 Å². The molecule has 0 bridgehead atoms. The Morgan fingerprint density at radius 3 is 2.08 bits per heavy atom. The molecule has 0 amide bonds. The molecule has 6 nitrogen and oxygen atoms in total. The van der Waals surface area contributed by atoms with Crippen LogP contribution in [-0.2, 0) is 6.61 Å². The molecule has 0 aromatic heterocycles. The van der Waals surface area contributed by atoms with Gasteiger partial charge in [-0.05, 0) is 29.8 Å². The molecule has 9 heteroatoms. The number of ether oxygens (including phenoxy) is 4. The van der Waals surface area contributed by atoms with Crippen LogP contribution in [0, 0.1) is 0 Å². The van der Waals surface area contributed by atoms with Crippen molar-refractivity contribution in [2.45, 2.75) is 13.0 Å². The van der Waals surface area contributed by atoms with Crippen molar-refractivity contribution in [3.05, 3.63) is 47.5 Å². The van der Waals surface area contributed by atoms with Gasteiger partial charge in [0.05, 0.1) is 20.4 Å². The molecule has 26 heavy (non-hydrogen) atoms. The number of nitrogens with zero attached hydrogens (tertiary/aromatic N) is 1. The van der Waals surface area contributed by atoms with Crippen LogP contribution in [0.25, 0.3) is 0 Å². The van der Waals surface area contributed by atoms with E-state index in [4.69, 9.17) is 20.1 Å². The predicted molar refractivity (Wildman–Crippen MR) is 88.8 cm³/mol. The summed E-state index contributed by atoms with van der Waals surface area (Å²) in [5, 5.41) is 3.44. The highest BCUT2D eigenvalue weighted by Gasteiger charge is 2.30. The summed E-state index contributed by atoms with van der Waals surface area (Å²) in [6.45, 7) is 0.0866. The minimum absolute atomic E-state index is 0.0866. The summed E-state index contributed by atoms with van der Waals surface area (Å²) in [6.07, 6.45) is -3.30. The smallest absolute Gasteiger partial charge is 0.493 e. The highest BCUT2D eigenvalue weighted by molar-refractivity contribution is 5.82. The topological polar surface area (TPSA) is 75.3 Å². The summed E-state index contributed by atoms with van der Waals surface area (Å²) >= 11 is 0. The molecular formula is C17H17F3N2O4. The highest BCUT2D eigenvalue weighted by atomic mass is 19.4. The maximum absolute atomic E-state index is 12.2. The van der Waals surface area contributed by atoms with Gasteiger partial charge in [0, 0.05) is 5.56 Å². The maximum Gasteiger partial charge on any atom is 0.573 e. The van der Waals surface area contributed by atoms with Gasteiger partial charge < -0.3 is 24.8 Å². The van der Waals surface area contributed by atoms with Crippen LogP contribution in [0.2, 0.25) is 0 Å². The van der Waals surface area contributed by atoms with Crippen molar-refractivity contribution in [1.29, 1.82) is 0 Å². The van der Waals surface area contributed by atoms with Gasteiger partial charge in [0.1, 0.15) is 12.4 Å². The first-order chi connectivity index (χ1) is 12.4. The molecule has 2 rings (SSSR count). The monoisotopic (exact) mass is 370 g/mol. The Morgan fingerprint density at radius 1 is 1.04 bits per heavy atom. The first-order valence-corrected chi connectivity index (χ1v) is 7.33. The SMILES string of the molecule is COc1cc(C=NN)cc(OC)c1OCc1ccc(OC(F)(F)F)cc1. The number of hydrogen-bond acceptors (Lipinski definition) is 6. The zero-order valence-corrected chi connectivity index (χ0v) is 14.0. The third-order valence-corrected chi connectivity index (χ3v) is 3.25. The molecule has 2 N–H and O–H groups in total. The largest absolute Gasteiger partial charge is 0.573 e. The normalized spacial score (nSPS) is 11.4. The van der Waals surface area contributed by atoms with Crippen LogP contribution in [0.1, 0.15) is 11.1 Å².